The van der Waals surface area contributed by atoms with Gasteiger partial charge in [-0.15, -0.1) is 0 Å². The number of anilines is 2. The maximum atomic E-state index is 11.7. The number of nitrogens with zero attached hydrogens (tertiary/aromatic N) is 3. The molecule has 0 saturated carbocycles. The zero-order chi connectivity index (χ0) is 16.2. The zero-order valence-corrected chi connectivity index (χ0v) is 12.5. The SMILES string of the molecule is NC(=O)c1c(Nc2cccc(Cl)c2)n[nH]c1/N=C/c1c[nH]cn1. The summed E-state index contributed by atoms with van der Waals surface area (Å²) in [5.41, 5.74) is 6.87. The maximum Gasteiger partial charge on any atom is 0.256 e. The van der Waals surface area contributed by atoms with E-state index in [1.165, 1.54) is 12.5 Å². The Labute approximate surface area is 135 Å². The second kappa shape index (κ2) is 6.32. The number of hydrogen-bond donors (Lipinski definition) is 4. The van der Waals surface area contributed by atoms with E-state index in [9.17, 15) is 4.79 Å². The van der Waals surface area contributed by atoms with Crippen molar-refractivity contribution in [2.75, 3.05) is 5.32 Å². The molecule has 0 bridgehead atoms. The molecule has 0 saturated heterocycles. The molecule has 0 aliphatic rings. The molecule has 3 rings (SSSR count). The first-order valence-electron chi connectivity index (χ1n) is 6.57. The number of aliphatic imine (C=N–C) groups is 1. The average molecular weight is 330 g/mol. The number of H-pyrrole nitrogens is 2. The van der Waals surface area contributed by atoms with Crippen molar-refractivity contribution >= 4 is 41.0 Å². The molecule has 1 amide bonds. The number of nitrogens with two attached hydrogens (primary N) is 1. The third kappa shape index (κ3) is 3.38. The minimum atomic E-state index is -0.655. The van der Waals surface area contributed by atoms with Gasteiger partial charge in [0.2, 0.25) is 0 Å². The predicted octanol–water partition coefficient (Wildman–Crippen LogP) is 2.38. The minimum Gasteiger partial charge on any atom is -0.365 e. The predicted molar refractivity (Wildman–Crippen MR) is 87.7 cm³/mol. The molecular formula is C14H12ClN7O. The van der Waals surface area contributed by atoms with Crippen LogP contribution in [-0.2, 0) is 0 Å². The van der Waals surface area contributed by atoms with Crippen LogP contribution in [0.4, 0.5) is 17.3 Å². The molecule has 0 unspecified atom stereocenters. The van der Waals surface area contributed by atoms with Crippen LogP contribution < -0.4 is 11.1 Å². The molecule has 116 valence electrons. The molecule has 1 aromatic carbocycles. The number of primary amides is 1. The monoisotopic (exact) mass is 329 g/mol. The number of hydrogen-bond acceptors (Lipinski definition) is 5. The maximum absolute atomic E-state index is 11.7. The van der Waals surface area contributed by atoms with Gasteiger partial charge in [-0.3, -0.25) is 9.89 Å². The van der Waals surface area contributed by atoms with Gasteiger partial charge in [-0.1, -0.05) is 17.7 Å². The van der Waals surface area contributed by atoms with Crippen LogP contribution in [0.2, 0.25) is 5.02 Å². The number of imidazole rings is 1. The van der Waals surface area contributed by atoms with E-state index in [1.807, 2.05) is 0 Å². The third-order valence-corrected chi connectivity index (χ3v) is 3.16. The Bertz CT molecular complexity index is 854. The summed E-state index contributed by atoms with van der Waals surface area (Å²) >= 11 is 5.93. The van der Waals surface area contributed by atoms with Crippen molar-refractivity contribution in [3.05, 3.63) is 53.1 Å². The van der Waals surface area contributed by atoms with Crippen LogP contribution in [-0.4, -0.2) is 32.3 Å². The minimum absolute atomic E-state index is 0.150. The normalized spacial score (nSPS) is 11.0. The summed E-state index contributed by atoms with van der Waals surface area (Å²) in [6.45, 7) is 0. The van der Waals surface area contributed by atoms with Crippen LogP contribution >= 0.6 is 11.6 Å². The molecule has 5 N–H and O–H groups in total. The first-order chi connectivity index (χ1) is 11.1. The lowest BCUT2D eigenvalue weighted by molar-refractivity contribution is 0.100. The van der Waals surface area contributed by atoms with Gasteiger partial charge >= 0.3 is 0 Å². The van der Waals surface area contributed by atoms with Gasteiger partial charge < -0.3 is 16.0 Å². The summed E-state index contributed by atoms with van der Waals surface area (Å²) in [5.74, 6) is -0.142. The van der Waals surface area contributed by atoms with Crippen molar-refractivity contribution in [1.82, 2.24) is 20.2 Å². The molecule has 2 aromatic heterocycles. The topological polar surface area (TPSA) is 125 Å². The van der Waals surface area contributed by atoms with E-state index in [1.54, 1.807) is 30.5 Å². The molecule has 0 aliphatic carbocycles. The number of carbonyl (C=O) groups is 1. The lowest BCUT2D eigenvalue weighted by Gasteiger charge is -2.04. The fraction of sp³-hybridized carbons (Fsp3) is 0. The second-order valence-electron chi connectivity index (χ2n) is 4.55. The van der Waals surface area contributed by atoms with Crippen molar-refractivity contribution in [2.45, 2.75) is 0 Å². The van der Waals surface area contributed by atoms with Gasteiger partial charge in [0, 0.05) is 16.9 Å². The molecule has 2 heterocycles. The lowest BCUT2D eigenvalue weighted by atomic mass is 10.2. The highest BCUT2D eigenvalue weighted by Crippen LogP contribution is 2.27. The Morgan fingerprint density at radius 2 is 2.30 bits per heavy atom. The molecular weight excluding hydrogens is 318 g/mol. The van der Waals surface area contributed by atoms with Crippen molar-refractivity contribution in [2.24, 2.45) is 10.7 Å². The van der Waals surface area contributed by atoms with Crippen molar-refractivity contribution in [3.63, 3.8) is 0 Å². The van der Waals surface area contributed by atoms with Crippen LogP contribution in [0.15, 0.2) is 41.8 Å². The standard InChI is InChI=1S/C14H12ClN7O/c15-8-2-1-3-9(4-8)20-14-11(12(16)23)13(21-22-14)18-6-10-5-17-7-19-10/h1-7H,(H2,16,23)(H,17,19)(H2,20,21,22)/b18-6+. The summed E-state index contributed by atoms with van der Waals surface area (Å²) in [6.07, 6.45) is 4.67. The Morgan fingerprint density at radius 1 is 1.43 bits per heavy atom. The van der Waals surface area contributed by atoms with Crippen molar-refractivity contribution < 1.29 is 4.79 Å². The highest BCUT2D eigenvalue weighted by molar-refractivity contribution is 6.30. The lowest BCUT2D eigenvalue weighted by Crippen LogP contribution is -2.12. The molecule has 8 nitrogen and oxygen atoms in total. The quantitative estimate of drug-likeness (QED) is 0.536. The van der Waals surface area contributed by atoms with E-state index in [-0.39, 0.29) is 17.2 Å². The smallest absolute Gasteiger partial charge is 0.256 e. The summed E-state index contributed by atoms with van der Waals surface area (Å²) < 4.78 is 0. The van der Waals surface area contributed by atoms with Crippen LogP contribution in [0.25, 0.3) is 0 Å². The Kier molecular flexibility index (Phi) is 4.07. The van der Waals surface area contributed by atoms with E-state index in [2.05, 4.69) is 30.5 Å². The fourth-order valence-electron chi connectivity index (χ4n) is 1.93. The van der Waals surface area contributed by atoms with Crippen LogP contribution in [0.1, 0.15) is 16.1 Å². The number of amides is 1. The van der Waals surface area contributed by atoms with Crippen molar-refractivity contribution in [1.29, 1.82) is 0 Å². The molecule has 23 heavy (non-hydrogen) atoms. The molecule has 0 atom stereocenters. The number of halogens is 1. The van der Waals surface area contributed by atoms with Crippen LogP contribution in [0.3, 0.4) is 0 Å². The van der Waals surface area contributed by atoms with Crippen LogP contribution in [0, 0.1) is 0 Å². The van der Waals surface area contributed by atoms with Gasteiger partial charge in [0.05, 0.1) is 18.2 Å². The number of nitrogens with one attached hydrogen (secondary N) is 3. The number of aromatic amines is 2. The fourth-order valence-corrected chi connectivity index (χ4v) is 2.12. The Hall–Kier alpha value is -3.13. The van der Waals surface area contributed by atoms with Crippen molar-refractivity contribution in [3.8, 4) is 0 Å². The Morgan fingerprint density at radius 3 is 3.00 bits per heavy atom. The molecule has 9 heteroatoms. The van der Waals surface area contributed by atoms with Gasteiger partial charge in [-0.05, 0) is 18.2 Å². The van der Waals surface area contributed by atoms with E-state index in [0.29, 0.717) is 16.4 Å². The number of benzene rings is 1. The summed E-state index contributed by atoms with van der Waals surface area (Å²) in [5, 5.41) is 10.3. The van der Waals surface area contributed by atoms with E-state index >= 15 is 0 Å². The summed E-state index contributed by atoms with van der Waals surface area (Å²) in [4.78, 5) is 22.7. The zero-order valence-electron chi connectivity index (χ0n) is 11.7. The number of carbonyl (C=O) groups excluding carboxylic acids is 1. The first-order valence-corrected chi connectivity index (χ1v) is 6.95. The van der Waals surface area contributed by atoms with Gasteiger partial charge in [0.1, 0.15) is 5.56 Å². The number of rotatable bonds is 5. The summed E-state index contributed by atoms with van der Waals surface area (Å²) in [7, 11) is 0. The van der Waals surface area contributed by atoms with E-state index in [4.69, 9.17) is 17.3 Å². The van der Waals surface area contributed by atoms with Gasteiger partial charge in [-0.2, -0.15) is 5.10 Å². The van der Waals surface area contributed by atoms with Gasteiger partial charge in [0.15, 0.2) is 11.6 Å². The third-order valence-electron chi connectivity index (χ3n) is 2.93. The van der Waals surface area contributed by atoms with Gasteiger partial charge in [-0.25, -0.2) is 9.98 Å². The molecule has 0 aliphatic heterocycles. The largest absolute Gasteiger partial charge is 0.365 e. The first kappa shape index (κ1) is 14.8. The second-order valence-corrected chi connectivity index (χ2v) is 4.98. The van der Waals surface area contributed by atoms with Crippen LogP contribution in [0.5, 0.6) is 0 Å². The molecule has 0 spiro atoms. The summed E-state index contributed by atoms with van der Waals surface area (Å²) in [6, 6.07) is 7.01. The van der Waals surface area contributed by atoms with E-state index in [0.717, 1.165) is 0 Å². The van der Waals surface area contributed by atoms with Gasteiger partial charge in [0.25, 0.3) is 5.91 Å². The Balaban J connectivity index is 1.91. The molecule has 0 radical (unpaired) electrons. The highest BCUT2D eigenvalue weighted by Gasteiger charge is 2.18. The van der Waals surface area contributed by atoms with E-state index < -0.39 is 5.91 Å². The molecule has 3 aromatic rings. The molecule has 0 fully saturated rings. The average Bonchev–Trinajstić information content (AvgIpc) is 3.14. The highest BCUT2D eigenvalue weighted by atomic mass is 35.5. The number of aromatic nitrogens is 4.